The molecular weight excluding hydrogens is 446 g/mol. The van der Waals surface area contributed by atoms with Gasteiger partial charge in [0.25, 0.3) is 0 Å². The summed E-state index contributed by atoms with van der Waals surface area (Å²) in [5, 5.41) is 6.81. The SMILES string of the molecule is CCc1ccc2oc(-c3ccc(C(C)(C)C)cc3)cc(=NNc3nc(C)c(C(=O)OC)s3)c2c1. The van der Waals surface area contributed by atoms with Crippen molar-refractivity contribution in [2.45, 2.75) is 46.5 Å². The molecule has 0 unspecified atom stereocenters. The topological polar surface area (TPSA) is 76.7 Å². The van der Waals surface area contributed by atoms with Crippen molar-refractivity contribution in [1.82, 2.24) is 4.98 Å². The highest BCUT2D eigenvalue weighted by Crippen LogP contribution is 2.28. The number of thiazole rings is 1. The Labute approximate surface area is 203 Å². The monoisotopic (exact) mass is 475 g/mol. The molecule has 0 aliphatic heterocycles. The predicted molar refractivity (Wildman–Crippen MR) is 137 cm³/mol. The van der Waals surface area contributed by atoms with Gasteiger partial charge < -0.3 is 9.15 Å². The lowest BCUT2D eigenvalue weighted by Gasteiger charge is -2.19. The van der Waals surface area contributed by atoms with E-state index in [-0.39, 0.29) is 5.41 Å². The molecule has 0 aliphatic carbocycles. The van der Waals surface area contributed by atoms with E-state index in [1.54, 1.807) is 6.92 Å². The lowest BCUT2D eigenvalue weighted by molar-refractivity contribution is 0.0605. The number of benzene rings is 2. The molecule has 34 heavy (non-hydrogen) atoms. The van der Waals surface area contributed by atoms with Crippen LogP contribution in [0.4, 0.5) is 5.13 Å². The molecule has 6 nitrogen and oxygen atoms in total. The number of fused-ring (bicyclic) bond motifs is 1. The lowest BCUT2D eigenvalue weighted by atomic mass is 9.86. The highest BCUT2D eigenvalue weighted by molar-refractivity contribution is 7.17. The van der Waals surface area contributed by atoms with E-state index in [0.717, 1.165) is 34.1 Å². The van der Waals surface area contributed by atoms with Crippen LogP contribution < -0.4 is 10.8 Å². The summed E-state index contributed by atoms with van der Waals surface area (Å²) in [5.41, 5.74) is 7.89. The van der Waals surface area contributed by atoms with Gasteiger partial charge in [0.1, 0.15) is 16.2 Å². The standard InChI is InChI=1S/C27H29N3O3S/c1-7-17-8-13-22-20(14-17)21(29-30-26-28-16(2)24(34-26)25(31)32-6)15-23(33-22)18-9-11-19(12-10-18)27(3,4)5/h8-15H,7H2,1-6H3,(H,28,30). The van der Waals surface area contributed by atoms with E-state index >= 15 is 0 Å². The maximum atomic E-state index is 11.9. The summed E-state index contributed by atoms with van der Waals surface area (Å²) in [6, 6.07) is 16.5. The second-order valence-corrected chi connectivity index (χ2v) is 10.2. The van der Waals surface area contributed by atoms with Crippen LogP contribution in [0.25, 0.3) is 22.3 Å². The van der Waals surface area contributed by atoms with Gasteiger partial charge in [0.15, 0.2) is 0 Å². The number of aromatic nitrogens is 1. The van der Waals surface area contributed by atoms with E-state index in [4.69, 9.17) is 9.15 Å². The zero-order valence-corrected chi connectivity index (χ0v) is 21.2. The number of aryl methyl sites for hydroxylation is 2. The van der Waals surface area contributed by atoms with Crippen LogP contribution in [0.2, 0.25) is 0 Å². The molecule has 176 valence electrons. The maximum Gasteiger partial charge on any atom is 0.350 e. The fourth-order valence-corrected chi connectivity index (χ4v) is 4.47. The van der Waals surface area contributed by atoms with E-state index in [9.17, 15) is 4.79 Å². The summed E-state index contributed by atoms with van der Waals surface area (Å²) in [4.78, 5) is 16.8. The third kappa shape index (κ3) is 4.89. The Balaban J connectivity index is 1.80. The summed E-state index contributed by atoms with van der Waals surface area (Å²) in [6.07, 6.45) is 0.910. The second kappa shape index (κ2) is 9.43. The van der Waals surface area contributed by atoms with Gasteiger partial charge in [-0.15, -0.1) is 0 Å². The van der Waals surface area contributed by atoms with Crippen molar-refractivity contribution in [3.05, 3.63) is 75.6 Å². The Bertz CT molecular complexity index is 1410. The Morgan fingerprint density at radius 3 is 2.53 bits per heavy atom. The second-order valence-electron chi connectivity index (χ2n) is 9.16. The number of carbonyl (C=O) groups excluding carboxylic acids is 1. The molecule has 4 rings (SSSR count). The smallest absolute Gasteiger partial charge is 0.350 e. The van der Waals surface area contributed by atoms with Crippen molar-refractivity contribution in [2.24, 2.45) is 5.10 Å². The van der Waals surface area contributed by atoms with Gasteiger partial charge >= 0.3 is 5.97 Å². The lowest BCUT2D eigenvalue weighted by Crippen LogP contribution is -2.10. The van der Waals surface area contributed by atoms with Crippen molar-refractivity contribution < 1.29 is 13.9 Å². The van der Waals surface area contributed by atoms with Crippen LogP contribution in [-0.2, 0) is 16.6 Å². The summed E-state index contributed by atoms with van der Waals surface area (Å²) in [7, 11) is 1.36. The third-order valence-electron chi connectivity index (χ3n) is 5.69. The fourth-order valence-electron chi connectivity index (χ4n) is 3.64. The molecule has 2 heterocycles. The number of hydrogen-bond donors (Lipinski definition) is 1. The first-order valence-corrected chi connectivity index (χ1v) is 12.0. The van der Waals surface area contributed by atoms with E-state index < -0.39 is 5.97 Å². The molecule has 0 saturated carbocycles. The highest BCUT2D eigenvalue weighted by Gasteiger charge is 2.16. The number of nitrogens with zero attached hydrogens (tertiary/aromatic N) is 2. The molecule has 2 aromatic carbocycles. The zero-order valence-electron chi connectivity index (χ0n) is 20.4. The number of esters is 1. The zero-order chi connectivity index (χ0) is 24.5. The molecule has 4 aromatic rings. The largest absolute Gasteiger partial charge is 0.465 e. The van der Waals surface area contributed by atoms with Gasteiger partial charge in [0.05, 0.1) is 18.2 Å². The molecule has 2 aromatic heterocycles. The van der Waals surface area contributed by atoms with Gasteiger partial charge in [-0.1, -0.05) is 69.4 Å². The molecule has 0 atom stereocenters. The first kappa shape index (κ1) is 23.7. The summed E-state index contributed by atoms with van der Waals surface area (Å²) >= 11 is 1.21. The van der Waals surface area contributed by atoms with Crippen molar-refractivity contribution >= 4 is 33.4 Å². The van der Waals surface area contributed by atoms with Gasteiger partial charge in [-0.25, -0.2) is 9.78 Å². The first-order chi connectivity index (χ1) is 16.2. The molecule has 7 heteroatoms. The van der Waals surface area contributed by atoms with Crippen LogP contribution in [-0.4, -0.2) is 18.1 Å². The molecule has 0 radical (unpaired) electrons. The van der Waals surface area contributed by atoms with E-state index in [0.29, 0.717) is 15.7 Å². The normalized spacial score (nSPS) is 12.2. The Morgan fingerprint density at radius 2 is 1.88 bits per heavy atom. The number of rotatable bonds is 5. The number of hydrogen-bond acceptors (Lipinski definition) is 7. The molecule has 0 amide bonds. The van der Waals surface area contributed by atoms with E-state index in [1.807, 2.05) is 12.1 Å². The highest BCUT2D eigenvalue weighted by atomic mass is 32.1. The molecule has 0 aliphatic rings. The van der Waals surface area contributed by atoms with Crippen LogP contribution >= 0.6 is 11.3 Å². The maximum absolute atomic E-state index is 11.9. The summed E-state index contributed by atoms with van der Waals surface area (Å²) < 4.78 is 11.1. The summed E-state index contributed by atoms with van der Waals surface area (Å²) in [6.45, 7) is 10.5. The van der Waals surface area contributed by atoms with Gasteiger partial charge in [-0.3, -0.25) is 5.43 Å². The van der Waals surface area contributed by atoms with Crippen LogP contribution in [0.5, 0.6) is 0 Å². The van der Waals surface area contributed by atoms with Crippen LogP contribution in [0.1, 0.15) is 54.2 Å². The van der Waals surface area contributed by atoms with E-state index in [2.05, 4.69) is 79.6 Å². The quantitative estimate of drug-likeness (QED) is 0.265. The van der Waals surface area contributed by atoms with Gasteiger partial charge in [-0.05, 0) is 42.0 Å². The fraction of sp³-hybridized carbons (Fsp3) is 0.296. The molecule has 0 spiro atoms. The number of nitrogens with one attached hydrogen (secondary N) is 1. The third-order valence-corrected chi connectivity index (χ3v) is 6.73. The predicted octanol–water partition coefficient (Wildman–Crippen LogP) is 6.44. The first-order valence-electron chi connectivity index (χ1n) is 11.2. The number of methoxy groups -OCH3 is 1. The van der Waals surface area contributed by atoms with E-state index in [1.165, 1.54) is 29.6 Å². The average Bonchev–Trinajstić information content (AvgIpc) is 3.21. The van der Waals surface area contributed by atoms with Crippen molar-refractivity contribution in [3.8, 4) is 11.3 Å². The minimum atomic E-state index is -0.402. The molecule has 1 N–H and O–H groups in total. The van der Waals surface area contributed by atoms with Crippen LogP contribution in [0.15, 0.2) is 58.0 Å². The van der Waals surface area contributed by atoms with Crippen LogP contribution in [0, 0.1) is 6.92 Å². The average molecular weight is 476 g/mol. The Hall–Kier alpha value is -3.45. The number of carbonyl (C=O) groups is 1. The molecule has 0 saturated heterocycles. The minimum Gasteiger partial charge on any atom is -0.465 e. The molecular formula is C27H29N3O3S. The number of ether oxygens (including phenoxy) is 1. The van der Waals surface area contributed by atoms with Crippen LogP contribution in [0.3, 0.4) is 0 Å². The minimum absolute atomic E-state index is 0.0783. The van der Waals surface area contributed by atoms with Gasteiger partial charge in [0.2, 0.25) is 5.13 Å². The van der Waals surface area contributed by atoms with Gasteiger partial charge in [0, 0.05) is 17.0 Å². The van der Waals surface area contributed by atoms with Crippen molar-refractivity contribution in [2.75, 3.05) is 12.5 Å². The molecule has 0 bridgehead atoms. The van der Waals surface area contributed by atoms with Crippen molar-refractivity contribution in [1.29, 1.82) is 0 Å². The molecule has 0 fully saturated rings. The summed E-state index contributed by atoms with van der Waals surface area (Å²) in [5.74, 6) is 0.323. The number of anilines is 1. The van der Waals surface area contributed by atoms with Crippen molar-refractivity contribution in [3.63, 3.8) is 0 Å². The Kier molecular flexibility index (Phi) is 6.57. The van der Waals surface area contributed by atoms with Gasteiger partial charge in [-0.2, -0.15) is 5.10 Å². The Morgan fingerprint density at radius 1 is 1.15 bits per heavy atom.